The number of cyclic esters (lactones) is 1. The molecule has 0 aliphatic carbocycles. The van der Waals surface area contributed by atoms with E-state index in [4.69, 9.17) is 4.74 Å². The molecule has 1 aromatic carbocycles. The van der Waals surface area contributed by atoms with Gasteiger partial charge in [-0.2, -0.15) is 0 Å². The summed E-state index contributed by atoms with van der Waals surface area (Å²) in [7, 11) is 0. The van der Waals surface area contributed by atoms with Crippen molar-refractivity contribution in [1.29, 1.82) is 0 Å². The van der Waals surface area contributed by atoms with Crippen LogP contribution in [-0.4, -0.2) is 17.9 Å². The lowest BCUT2D eigenvalue weighted by molar-refractivity contribution is -0.167. The third kappa shape index (κ3) is 3.44. The maximum absolute atomic E-state index is 13.1. The second kappa shape index (κ2) is 6.16. The summed E-state index contributed by atoms with van der Waals surface area (Å²) in [5.74, 6) is -1.35. The first-order valence-electron chi connectivity index (χ1n) is 6.95. The predicted octanol–water partition coefficient (Wildman–Crippen LogP) is 2.92. The fourth-order valence-corrected chi connectivity index (χ4v) is 2.40. The number of hydrogen-bond acceptors (Lipinski definition) is 3. The molecule has 2 unspecified atom stereocenters. The molecule has 0 N–H and O–H groups in total. The normalized spacial score (nSPS) is 23.0. The van der Waals surface area contributed by atoms with Crippen LogP contribution in [0.1, 0.15) is 32.3 Å². The van der Waals surface area contributed by atoms with Gasteiger partial charge in [-0.1, -0.05) is 26.0 Å². The van der Waals surface area contributed by atoms with Crippen LogP contribution in [0.3, 0.4) is 0 Å². The summed E-state index contributed by atoms with van der Waals surface area (Å²) >= 11 is 0. The van der Waals surface area contributed by atoms with Crippen LogP contribution in [0.4, 0.5) is 4.39 Å². The van der Waals surface area contributed by atoms with Crippen LogP contribution in [0.15, 0.2) is 24.3 Å². The van der Waals surface area contributed by atoms with Crippen molar-refractivity contribution in [3.05, 3.63) is 35.6 Å². The van der Waals surface area contributed by atoms with E-state index in [-0.39, 0.29) is 30.0 Å². The summed E-state index contributed by atoms with van der Waals surface area (Å²) in [4.78, 5) is 23.9. The molecule has 0 aromatic heterocycles. The minimum Gasteiger partial charge on any atom is -0.461 e. The Hall–Kier alpha value is -1.71. The third-order valence-corrected chi connectivity index (χ3v) is 3.70. The van der Waals surface area contributed by atoms with Gasteiger partial charge in [0, 0.05) is 6.42 Å². The SMILES string of the molecule is CC(C)C1CC(=O)C(CCc2cccc(F)c2)C(=O)O1. The molecule has 4 heteroatoms. The number of hydrogen-bond donors (Lipinski definition) is 0. The number of ketones is 1. The highest BCUT2D eigenvalue weighted by Gasteiger charge is 2.37. The van der Waals surface area contributed by atoms with Crippen LogP contribution in [0.2, 0.25) is 0 Å². The molecule has 1 fully saturated rings. The van der Waals surface area contributed by atoms with E-state index in [9.17, 15) is 14.0 Å². The Morgan fingerprint density at radius 3 is 2.70 bits per heavy atom. The van der Waals surface area contributed by atoms with Crippen molar-refractivity contribution in [2.24, 2.45) is 11.8 Å². The fourth-order valence-electron chi connectivity index (χ4n) is 2.40. The smallest absolute Gasteiger partial charge is 0.316 e. The van der Waals surface area contributed by atoms with Gasteiger partial charge in [0.05, 0.1) is 0 Å². The lowest BCUT2D eigenvalue weighted by Gasteiger charge is -2.29. The molecule has 1 aliphatic rings. The molecule has 3 nitrogen and oxygen atoms in total. The van der Waals surface area contributed by atoms with Gasteiger partial charge in [0.2, 0.25) is 0 Å². The summed E-state index contributed by atoms with van der Waals surface area (Å²) in [6, 6.07) is 6.21. The largest absolute Gasteiger partial charge is 0.461 e. The minimum atomic E-state index is -0.701. The predicted molar refractivity (Wildman–Crippen MR) is 72.6 cm³/mol. The molecule has 2 atom stereocenters. The first kappa shape index (κ1) is 14.7. The maximum atomic E-state index is 13.1. The monoisotopic (exact) mass is 278 g/mol. The van der Waals surface area contributed by atoms with E-state index in [0.29, 0.717) is 12.8 Å². The van der Waals surface area contributed by atoms with Crippen molar-refractivity contribution in [3.8, 4) is 0 Å². The van der Waals surface area contributed by atoms with E-state index in [0.717, 1.165) is 5.56 Å². The molecule has 108 valence electrons. The van der Waals surface area contributed by atoms with Crippen LogP contribution in [0.5, 0.6) is 0 Å². The van der Waals surface area contributed by atoms with E-state index in [2.05, 4.69) is 0 Å². The van der Waals surface area contributed by atoms with Gasteiger partial charge in [-0.25, -0.2) is 4.39 Å². The van der Waals surface area contributed by atoms with Gasteiger partial charge < -0.3 is 4.74 Å². The lowest BCUT2D eigenvalue weighted by atomic mass is 9.87. The van der Waals surface area contributed by atoms with Gasteiger partial charge in [-0.15, -0.1) is 0 Å². The molecule has 1 saturated heterocycles. The van der Waals surface area contributed by atoms with Gasteiger partial charge in [-0.05, 0) is 36.5 Å². The van der Waals surface area contributed by atoms with Crippen molar-refractivity contribution < 1.29 is 18.7 Å². The number of aryl methyl sites for hydroxylation is 1. The molecule has 0 saturated carbocycles. The molecule has 0 bridgehead atoms. The quantitative estimate of drug-likeness (QED) is 0.628. The summed E-state index contributed by atoms with van der Waals surface area (Å²) in [5, 5.41) is 0. The Bertz CT molecular complexity index is 492. The number of Topliss-reactive ketones (excluding diaryl/α,β-unsaturated/α-hetero) is 1. The number of esters is 1. The van der Waals surface area contributed by atoms with Crippen LogP contribution in [-0.2, 0) is 20.7 Å². The second-order valence-corrected chi connectivity index (χ2v) is 5.61. The van der Waals surface area contributed by atoms with Crippen molar-refractivity contribution in [1.82, 2.24) is 0 Å². The van der Waals surface area contributed by atoms with Crippen LogP contribution in [0, 0.1) is 17.7 Å². The van der Waals surface area contributed by atoms with Crippen LogP contribution >= 0.6 is 0 Å². The Balaban J connectivity index is 1.96. The summed E-state index contributed by atoms with van der Waals surface area (Å²) in [5.41, 5.74) is 0.789. The van der Waals surface area contributed by atoms with Gasteiger partial charge in [0.1, 0.15) is 17.8 Å². The van der Waals surface area contributed by atoms with Crippen LogP contribution < -0.4 is 0 Å². The third-order valence-electron chi connectivity index (χ3n) is 3.70. The number of benzene rings is 1. The number of carbonyl (C=O) groups is 2. The molecule has 0 spiro atoms. The van der Waals surface area contributed by atoms with Gasteiger partial charge in [-0.3, -0.25) is 9.59 Å². The van der Waals surface area contributed by atoms with E-state index in [1.165, 1.54) is 12.1 Å². The fraction of sp³-hybridized carbons (Fsp3) is 0.500. The zero-order valence-corrected chi connectivity index (χ0v) is 11.8. The standard InChI is InChI=1S/C16H19FO3/c1-10(2)15-9-14(18)13(16(19)20-15)7-6-11-4-3-5-12(17)8-11/h3-5,8,10,13,15H,6-7,9H2,1-2H3. The van der Waals surface area contributed by atoms with E-state index >= 15 is 0 Å². The van der Waals surface area contributed by atoms with Crippen molar-refractivity contribution in [2.45, 2.75) is 39.2 Å². The van der Waals surface area contributed by atoms with E-state index in [1.807, 2.05) is 13.8 Å². The van der Waals surface area contributed by atoms with E-state index < -0.39 is 11.9 Å². The molecule has 2 rings (SSSR count). The Labute approximate surface area is 118 Å². The molecule has 0 amide bonds. The molecule has 1 heterocycles. The highest BCUT2D eigenvalue weighted by Crippen LogP contribution is 2.25. The molecule has 1 aliphatic heterocycles. The molecule has 0 radical (unpaired) electrons. The Morgan fingerprint density at radius 1 is 1.35 bits per heavy atom. The summed E-state index contributed by atoms with van der Waals surface area (Å²) < 4.78 is 18.4. The van der Waals surface area contributed by atoms with Gasteiger partial charge >= 0.3 is 5.97 Å². The summed E-state index contributed by atoms with van der Waals surface area (Å²) in [6.07, 6.45) is 0.860. The van der Waals surface area contributed by atoms with Gasteiger partial charge in [0.25, 0.3) is 0 Å². The van der Waals surface area contributed by atoms with Crippen molar-refractivity contribution in [2.75, 3.05) is 0 Å². The summed E-state index contributed by atoms with van der Waals surface area (Å²) in [6.45, 7) is 3.86. The number of rotatable bonds is 4. The maximum Gasteiger partial charge on any atom is 0.316 e. The zero-order chi connectivity index (χ0) is 14.7. The van der Waals surface area contributed by atoms with Crippen molar-refractivity contribution >= 4 is 11.8 Å². The Morgan fingerprint density at radius 2 is 2.10 bits per heavy atom. The average molecular weight is 278 g/mol. The Kier molecular flexibility index (Phi) is 4.53. The minimum absolute atomic E-state index is 0.0589. The average Bonchev–Trinajstić information content (AvgIpc) is 2.37. The first-order chi connectivity index (χ1) is 9.47. The second-order valence-electron chi connectivity index (χ2n) is 5.61. The lowest BCUT2D eigenvalue weighted by Crippen LogP contribution is -2.40. The number of halogens is 1. The first-order valence-corrected chi connectivity index (χ1v) is 6.95. The number of ether oxygens (including phenoxy) is 1. The molecule has 20 heavy (non-hydrogen) atoms. The molecular weight excluding hydrogens is 259 g/mol. The highest BCUT2D eigenvalue weighted by molar-refractivity contribution is 6.01. The molecule has 1 aromatic rings. The highest BCUT2D eigenvalue weighted by atomic mass is 19.1. The topological polar surface area (TPSA) is 43.4 Å². The van der Waals surface area contributed by atoms with Gasteiger partial charge in [0.15, 0.2) is 5.78 Å². The van der Waals surface area contributed by atoms with Crippen LogP contribution in [0.25, 0.3) is 0 Å². The van der Waals surface area contributed by atoms with Crippen molar-refractivity contribution in [3.63, 3.8) is 0 Å². The van der Waals surface area contributed by atoms with E-state index in [1.54, 1.807) is 12.1 Å². The number of carbonyl (C=O) groups excluding carboxylic acids is 2. The zero-order valence-electron chi connectivity index (χ0n) is 11.8. The molecular formula is C16H19FO3.